The average Bonchev–Trinajstić information content (AvgIpc) is 2.48. The van der Waals surface area contributed by atoms with Gasteiger partial charge in [-0.05, 0) is 43.3 Å². The number of halogens is 1. The SMILES string of the molecule is Cc1ccc(S(=O)(=O)ONC(N)=Nc2ccc(Cl)cc2)cc1. The van der Waals surface area contributed by atoms with E-state index in [9.17, 15) is 8.42 Å². The first-order valence-electron chi connectivity index (χ1n) is 6.23. The lowest BCUT2D eigenvalue weighted by Gasteiger charge is -2.07. The molecule has 2 rings (SSSR count). The van der Waals surface area contributed by atoms with Gasteiger partial charge in [-0.2, -0.15) is 8.42 Å². The molecule has 0 saturated carbocycles. The van der Waals surface area contributed by atoms with Crippen LogP contribution in [0.5, 0.6) is 0 Å². The Hall–Kier alpha value is -2.09. The molecule has 0 atom stereocenters. The minimum Gasteiger partial charge on any atom is -0.368 e. The van der Waals surface area contributed by atoms with Crippen LogP contribution in [0.15, 0.2) is 58.4 Å². The van der Waals surface area contributed by atoms with Gasteiger partial charge in [0, 0.05) is 5.02 Å². The molecule has 3 N–H and O–H groups in total. The van der Waals surface area contributed by atoms with Crippen molar-refractivity contribution >= 4 is 33.4 Å². The summed E-state index contributed by atoms with van der Waals surface area (Å²) in [5.41, 5.74) is 9.12. The first-order chi connectivity index (χ1) is 10.4. The summed E-state index contributed by atoms with van der Waals surface area (Å²) in [4.78, 5) is 3.96. The van der Waals surface area contributed by atoms with Crippen molar-refractivity contribution in [3.05, 3.63) is 59.1 Å². The molecule has 0 radical (unpaired) electrons. The number of aryl methyl sites for hydroxylation is 1. The number of rotatable bonds is 4. The molecule has 0 aliphatic heterocycles. The lowest BCUT2D eigenvalue weighted by atomic mass is 10.2. The zero-order valence-electron chi connectivity index (χ0n) is 11.7. The fourth-order valence-electron chi connectivity index (χ4n) is 1.53. The fraction of sp³-hybridized carbons (Fsp3) is 0.0714. The molecule has 8 heteroatoms. The minimum atomic E-state index is -3.96. The molecule has 2 aromatic rings. The first kappa shape index (κ1) is 16.3. The highest BCUT2D eigenvalue weighted by molar-refractivity contribution is 7.86. The van der Waals surface area contributed by atoms with Crippen molar-refractivity contribution in [2.75, 3.05) is 0 Å². The van der Waals surface area contributed by atoms with Gasteiger partial charge in [0.05, 0.1) is 10.6 Å². The fourth-order valence-corrected chi connectivity index (χ4v) is 2.41. The van der Waals surface area contributed by atoms with Crippen LogP contribution in [0, 0.1) is 6.92 Å². The van der Waals surface area contributed by atoms with Gasteiger partial charge in [-0.15, -0.1) is 4.28 Å². The number of hydroxylamine groups is 1. The molecule has 0 spiro atoms. The minimum absolute atomic E-state index is 0.0184. The third-order valence-electron chi connectivity index (χ3n) is 2.64. The number of hydrogen-bond donors (Lipinski definition) is 2. The smallest absolute Gasteiger partial charge is 0.317 e. The van der Waals surface area contributed by atoms with E-state index in [4.69, 9.17) is 17.3 Å². The van der Waals surface area contributed by atoms with E-state index < -0.39 is 10.1 Å². The summed E-state index contributed by atoms with van der Waals surface area (Å²) in [7, 11) is -3.96. The highest BCUT2D eigenvalue weighted by atomic mass is 35.5. The topological polar surface area (TPSA) is 93.8 Å². The van der Waals surface area contributed by atoms with Crippen LogP contribution >= 0.6 is 11.6 Å². The van der Waals surface area contributed by atoms with Crippen molar-refractivity contribution in [1.29, 1.82) is 0 Å². The number of nitrogens with one attached hydrogen (secondary N) is 1. The van der Waals surface area contributed by atoms with Gasteiger partial charge in [-0.25, -0.2) is 10.5 Å². The highest BCUT2D eigenvalue weighted by Gasteiger charge is 2.15. The first-order valence-corrected chi connectivity index (χ1v) is 8.01. The van der Waals surface area contributed by atoms with Crippen LogP contribution < -0.4 is 11.2 Å². The third-order valence-corrected chi connectivity index (χ3v) is 4.05. The van der Waals surface area contributed by atoms with Crippen LogP contribution in [-0.2, 0) is 14.4 Å². The molecule has 0 bridgehead atoms. The number of nitrogens with zero attached hydrogens (tertiary/aromatic N) is 1. The van der Waals surface area contributed by atoms with E-state index in [0.29, 0.717) is 10.7 Å². The Morgan fingerprint density at radius 1 is 1.14 bits per heavy atom. The molecule has 0 unspecified atom stereocenters. The third kappa shape index (κ3) is 4.45. The Morgan fingerprint density at radius 2 is 1.73 bits per heavy atom. The summed E-state index contributed by atoms with van der Waals surface area (Å²) in [5, 5.41) is 0.559. The van der Waals surface area contributed by atoms with Gasteiger partial charge in [-0.1, -0.05) is 29.3 Å². The Labute approximate surface area is 133 Å². The monoisotopic (exact) mass is 339 g/mol. The van der Waals surface area contributed by atoms with Gasteiger partial charge in [0.2, 0.25) is 5.96 Å². The molecular weight excluding hydrogens is 326 g/mol. The standard InChI is InChI=1S/C14H14ClN3O3S/c1-10-2-8-13(9-3-10)22(19,20)21-18-14(16)17-12-6-4-11(15)5-7-12/h2-9H,1H3,(H3,16,17,18). The zero-order valence-corrected chi connectivity index (χ0v) is 13.2. The van der Waals surface area contributed by atoms with Crippen LogP contribution in [0.3, 0.4) is 0 Å². The van der Waals surface area contributed by atoms with Crippen molar-refractivity contribution in [3.63, 3.8) is 0 Å². The number of benzene rings is 2. The van der Waals surface area contributed by atoms with E-state index in [1.165, 1.54) is 12.1 Å². The van der Waals surface area contributed by atoms with Crippen LogP contribution in [0.4, 0.5) is 5.69 Å². The Morgan fingerprint density at radius 3 is 2.32 bits per heavy atom. The van der Waals surface area contributed by atoms with Gasteiger partial charge < -0.3 is 5.73 Å². The summed E-state index contributed by atoms with van der Waals surface area (Å²) in [6.07, 6.45) is 0. The molecular formula is C14H14ClN3O3S. The maximum atomic E-state index is 11.9. The van der Waals surface area contributed by atoms with Crippen LogP contribution in [0.2, 0.25) is 5.02 Å². The van der Waals surface area contributed by atoms with E-state index in [2.05, 4.69) is 14.8 Å². The maximum absolute atomic E-state index is 11.9. The molecule has 0 amide bonds. The van der Waals surface area contributed by atoms with Gasteiger partial charge in [0.1, 0.15) is 0 Å². The zero-order chi connectivity index (χ0) is 16.2. The van der Waals surface area contributed by atoms with Gasteiger partial charge >= 0.3 is 10.1 Å². The van der Waals surface area contributed by atoms with E-state index >= 15 is 0 Å². The van der Waals surface area contributed by atoms with E-state index in [-0.39, 0.29) is 10.9 Å². The van der Waals surface area contributed by atoms with E-state index in [0.717, 1.165) is 5.56 Å². The maximum Gasteiger partial charge on any atom is 0.317 e. The van der Waals surface area contributed by atoms with Crippen LogP contribution in [0.25, 0.3) is 0 Å². The van der Waals surface area contributed by atoms with E-state index in [1.807, 2.05) is 6.92 Å². The van der Waals surface area contributed by atoms with Gasteiger partial charge in [-0.3, -0.25) is 0 Å². The summed E-state index contributed by atoms with van der Waals surface area (Å²) in [5.74, 6) is -0.196. The van der Waals surface area contributed by atoms with Crippen molar-refractivity contribution in [2.24, 2.45) is 10.7 Å². The Balaban J connectivity index is 2.05. The quantitative estimate of drug-likeness (QED) is 0.507. The Kier molecular flexibility index (Phi) is 5.02. The predicted octanol–water partition coefficient (Wildman–Crippen LogP) is 2.50. The number of nitrogens with two attached hydrogens (primary N) is 1. The molecule has 6 nitrogen and oxygen atoms in total. The molecule has 116 valence electrons. The summed E-state index contributed by atoms with van der Waals surface area (Å²) in [6, 6.07) is 12.8. The van der Waals surface area contributed by atoms with E-state index in [1.54, 1.807) is 36.4 Å². The number of guanidine groups is 1. The van der Waals surface area contributed by atoms with Crippen LogP contribution in [0.1, 0.15) is 5.56 Å². The average molecular weight is 340 g/mol. The predicted molar refractivity (Wildman–Crippen MR) is 85.3 cm³/mol. The van der Waals surface area contributed by atoms with Gasteiger partial charge in [0.25, 0.3) is 0 Å². The van der Waals surface area contributed by atoms with Crippen molar-refractivity contribution in [2.45, 2.75) is 11.8 Å². The molecule has 0 aromatic heterocycles. The second-order valence-corrected chi connectivity index (χ2v) is 6.41. The molecule has 0 aliphatic rings. The molecule has 0 heterocycles. The summed E-state index contributed by atoms with van der Waals surface area (Å²) < 4.78 is 28.5. The summed E-state index contributed by atoms with van der Waals surface area (Å²) >= 11 is 5.75. The molecule has 22 heavy (non-hydrogen) atoms. The molecule has 0 aliphatic carbocycles. The second kappa shape index (κ2) is 6.78. The lowest BCUT2D eigenvalue weighted by Crippen LogP contribution is -2.33. The summed E-state index contributed by atoms with van der Waals surface area (Å²) in [6.45, 7) is 1.85. The highest BCUT2D eigenvalue weighted by Crippen LogP contribution is 2.16. The van der Waals surface area contributed by atoms with Gasteiger partial charge in [0.15, 0.2) is 0 Å². The van der Waals surface area contributed by atoms with Crippen molar-refractivity contribution < 1.29 is 12.7 Å². The second-order valence-electron chi connectivity index (χ2n) is 4.43. The normalized spacial score (nSPS) is 12.2. The Bertz CT molecular complexity index is 772. The molecule has 2 aromatic carbocycles. The molecule has 0 fully saturated rings. The van der Waals surface area contributed by atoms with Crippen molar-refractivity contribution in [1.82, 2.24) is 5.48 Å². The van der Waals surface area contributed by atoms with Crippen molar-refractivity contribution in [3.8, 4) is 0 Å². The largest absolute Gasteiger partial charge is 0.368 e. The number of hydrogen-bond acceptors (Lipinski definition) is 4. The lowest BCUT2D eigenvalue weighted by molar-refractivity contribution is 0.266. The molecule has 0 saturated heterocycles. The van der Waals surface area contributed by atoms with Crippen LogP contribution in [-0.4, -0.2) is 14.4 Å². The number of aliphatic imine (C=N–C) groups is 1.